The molecule has 1 aromatic rings. The van der Waals surface area contributed by atoms with Crippen LogP contribution in [0.1, 0.15) is 51.3 Å². The molecule has 0 spiro atoms. The summed E-state index contributed by atoms with van der Waals surface area (Å²) >= 11 is 0. The molecule has 1 amide bonds. The summed E-state index contributed by atoms with van der Waals surface area (Å²) in [5, 5.41) is 3.06. The average Bonchev–Trinajstić information content (AvgIpc) is 2.47. The normalized spacial score (nSPS) is 27.8. The molecule has 3 N–H and O–H groups in total. The summed E-state index contributed by atoms with van der Waals surface area (Å²) in [5.74, 6) is -0.0958. The van der Waals surface area contributed by atoms with Crippen LogP contribution in [0.4, 0.5) is 0 Å². The van der Waals surface area contributed by atoms with E-state index in [-0.39, 0.29) is 23.5 Å². The van der Waals surface area contributed by atoms with Crippen molar-refractivity contribution in [3.63, 3.8) is 0 Å². The number of hydrogen-bond donors (Lipinski definition) is 2. The Morgan fingerprint density at radius 3 is 2.50 bits per heavy atom. The molecule has 0 saturated heterocycles. The minimum Gasteiger partial charge on any atom is -0.378 e. The van der Waals surface area contributed by atoms with Gasteiger partial charge in [-0.3, -0.25) is 4.79 Å². The molecule has 4 heteroatoms. The number of carbonyl (C=O) groups is 1. The molecule has 122 valence electrons. The van der Waals surface area contributed by atoms with Gasteiger partial charge >= 0.3 is 0 Å². The highest BCUT2D eigenvalue weighted by molar-refractivity contribution is 5.89. The second-order valence-corrected chi connectivity index (χ2v) is 6.95. The predicted molar refractivity (Wildman–Crippen MR) is 88.5 cm³/mol. The lowest BCUT2D eigenvalue weighted by atomic mass is 9.54. The summed E-state index contributed by atoms with van der Waals surface area (Å²) in [7, 11) is 0. The van der Waals surface area contributed by atoms with Crippen molar-refractivity contribution >= 4 is 5.91 Å². The summed E-state index contributed by atoms with van der Waals surface area (Å²) < 4.78 is 5.68. The van der Waals surface area contributed by atoms with Crippen LogP contribution in [0.5, 0.6) is 0 Å². The van der Waals surface area contributed by atoms with Crippen molar-refractivity contribution in [3.05, 3.63) is 35.4 Å². The van der Waals surface area contributed by atoms with Gasteiger partial charge in [-0.15, -0.1) is 0 Å². The second-order valence-electron chi connectivity index (χ2n) is 6.95. The predicted octanol–water partition coefficient (Wildman–Crippen LogP) is 2.70. The first kappa shape index (κ1) is 17.0. The number of rotatable bonds is 5. The first-order valence-electron chi connectivity index (χ1n) is 8.00. The Kier molecular flexibility index (Phi) is 4.64. The molecule has 0 radical (unpaired) electrons. The van der Waals surface area contributed by atoms with Crippen molar-refractivity contribution in [2.24, 2.45) is 11.1 Å². The lowest BCUT2D eigenvalue weighted by Gasteiger charge is -2.57. The van der Waals surface area contributed by atoms with Crippen LogP contribution >= 0.6 is 0 Å². The van der Waals surface area contributed by atoms with E-state index in [0.29, 0.717) is 13.0 Å². The van der Waals surface area contributed by atoms with E-state index < -0.39 is 5.54 Å². The Bertz CT molecular complexity index is 539. The van der Waals surface area contributed by atoms with Gasteiger partial charge in [0.15, 0.2) is 0 Å². The Morgan fingerprint density at radius 1 is 1.41 bits per heavy atom. The highest BCUT2D eigenvalue weighted by atomic mass is 16.5. The molecule has 4 nitrogen and oxygen atoms in total. The lowest BCUT2D eigenvalue weighted by Crippen LogP contribution is -2.75. The number of aryl methyl sites for hydroxylation is 1. The maximum Gasteiger partial charge on any atom is 0.241 e. The van der Waals surface area contributed by atoms with Crippen molar-refractivity contribution in [2.45, 2.75) is 58.7 Å². The molecule has 3 unspecified atom stereocenters. The van der Waals surface area contributed by atoms with Crippen LogP contribution in [0.2, 0.25) is 0 Å². The molecule has 0 heterocycles. The van der Waals surface area contributed by atoms with Crippen molar-refractivity contribution in [3.8, 4) is 0 Å². The molecule has 1 aliphatic rings. The summed E-state index contributed by atoms with van der Waals surface area (Å²) in [4.78, 5) is 12.7. The maximum atomic E-state index is 12.7. The highest BCUT2D eigenvalue weighted by Gasteiger charge is 2.62. The number of benzene rings is 1. The highest BCUT2D eigenvalue weighted by Crippen LogP contribution is 2.50. The lowest BCUT2D eigenvalue weighted by molar-refractivity contribution is -0.171. The van der Waals surface area contributed by atoms with E-state index in [1.54, 1.807) is 0 Å². The van der Waals surface area contributed by atoms with E-state index in [1.165, 1.54) is 5.56 Å². The zero-order valence-electron chi connectivity index (χ0n) is 14.3. The standard InChI is InChI=1S/C18H28N2O2/c1-6-22-15-11-18(19,17(15,4)5)16(21)20-13(3)14-9-7-12(2)8-10-14/h7-10,13,15H,6,11,19H2,1-5H3,(H,20,21). The number of carbonyl (C=O) groups excluding carboxylic acids is 1. The fraction of sp³-hybridized carbons (Fsp3) is 0.611. The molecular weight excluding hydrogens is 276 g/mol. The number of nitrogens with one attached hydrogen (secondary N) is 1. The maximum absolute atomic E-state index is 12.7. The van der Waals surface area contributed by atoms with Crippen molar-refractivity contribution < 1.29 is 9.53 Å². The van der Waals surface area contributed by atoms with Gasteiger partial charge in [0.25, 0.3) is 0 Å². The quantitative estimate of drug-likeness (QED) is 0.879. The first-order valence-corrected chi connectivity index (χ1v) is 8.00. The van der Waals surface area contributed by atoms with Crippen molar-refractivity contribution in [1.82, 2.24) is 5.32 Å². The molecule has 1 aliphatic carbocycles. The minimum absolute atomic E-state index is 0.0444. The van der Waals surface area contributed by atoms with E-state index in [1.807, 2.05) is 46.8 Å². The first-order chi connectivity index (χ1) is 10.2. The third-order valence-electron chi connectivity index (χ3n) is 5.16. The summed E-state index contributed by atoms with van der Waals surface area (Å²) in [5.41, 5.74) is 7.46. The van der Waals surface area contributed by atoms with E-state index in [2.05, 4.69) is 17.4 Å². The molecule has 2 rings (SSSR count). The molecule has 0 aliphatic heterocycles. The van der Waals surface area contributed by atoms with Gasteiger partial charge < -0.3 is 15.8 Å². The van der Waals surface area contributed by atoms with Crippen LogP contribution < -0.4 is 11.1 Å². The van der Waals surface area contributed by atoms with Crippen molar-refractivity contribution in [2.75, 3.05) is 6.61 Å². The van der Waals surface area contributed by atoms with E-state index in [0.717, 1.165) is 5.56 Å². The van der Waals surface area contributed by atoms with Gasteiger partial charge in [-0.2, -0.15) is 0 Å². The van der Waals surface area contributed by atoms with Gasteiger partial charge in [-0.1, -0.05) is 43.7 Å². The van der Waals surface area contributed by atoms with E-state index >= 15 is 0 Å². The van der Waals surface area contributed by atoms with Gasteiger partial charge in [0.05, 0.1) is 12.1 Å². The SMILES string of the molecule is CCOC1CC(N)(C(=O)NC(C)c2ccc(C)cc2)C1(C)C. The Hall–Kier alpha value is -1.39. The topological polar surface area (TPSA) is 64.3 Å². The summed E-state index contributed by atoms with van der Waals surface area (Å²) in [6, 6.07) is 8.12. The smallest absolute Gasteiger partial charge is 0.241 e. The van der Waals surface area contributed by atoms with Gasteiger partial charge in [0.1, 0.15) is 5.54 Å². The molecule has 1 fully saturated rings. The Morgan fingerprint density at radius 2 is 2.00 bits per heavy atom. The third kappa shape index (κ3) is 2.77. The van der Waals surface area contributed by atoms with Crippen LogP contribution in [0.3, 0.4) is 0 Å². The van der Waals surface area contributed by atoms with Gasteiger partial charge in [-0.25, -0.2) is 0 Å². The molecule has 1 saturated carbocycles. The molecule has 3 atom stereocenters. The largest absolute Gasteiger partial charge is 0.378 e. The zero-order valence-corrected chi connectivity index (χ0v) is 14.3. The van der Waals surface area contributed by atoms with E-state index in [4.69, 9.17) is 10.5 Å². The van der Waals surface area contributed by atoms with Crippen LogP contribution in [0, 0.1) is 12.3 Å². The molecule has 0 aromatic heterocycles. The minimum atomic E-state index is -0.869. The molecule has 1 aromatic carbocycles. The fourth-order valence-electron chi connectivity index (χ4n) is 3.08. The molecule has 22 heavy (non-hydrogen) atoms. The van der Waals surface area contributed by atoms with Gasteiger partial charge in [-0.05, 0) is 26.3 Å². The Labute approximate surface area is 133 Å². The molecule has 0 bridgehead atoms. The summed E-state index contributed by atoms with van der Waals surface area (Å²) in [6.07, 6.45) is 0.614. The van der Waals surface area contributed by atoms with E-state index in [9.17, 15) is 4.79 Å². The average molecular weight is 304 g/mol. The van der Waals surface area contributed by atoms with Gasteiger partial charge in [0.2, 0.25) is 5.91 Å². The fourth-order valence-corrected chi connectivity index (χ4v) is 3.08. The monoisotopic (exact) mass is 304 g/mol. The van der Waals surface area contributed by atoms with Gasteiger partial charge in [0, 0.05) is 18.4 Å². The number of hydrogen-bond acceptors (Lipinski definition) is 3. The zero-order chi connectivity index (χ0) is 16.5. The number of ether oxygens (including phenoxy) is 1. The number of amides is 1. The van der Waals surface area contributed by atoms with Crippen LogP contribution in [0.15, 0.2) is 24.3 Å². The Balaban J connectivity index is 2.04. The van der Waals surface area contributed by atoms with Crippen LogP contribution in [0.25, 0.3) is 0 Å². The van der Waals surface area contributed by atoms with Crippen LogP contribution in [-0.2, 0) is 9.53 Å². The molecular formula is C18H28N2O2. The number of nitrogens with two attached hydrogens (primary N) is 1. The second kappa shape index (κ2) is 6.01. The summed E-state index contributed by atoms with van der Waals surface area (Å²) in [6.45, 7) is 10.7. The third-order valence-corrected chi connectivity index (χ3v) is 5.16. The van der Waals surface area contributed by atoms with Crippen LogP contribution in [-0.4, -0.2) is 24.2 Å². The van der Waals surface area contributed by atoms with Crippen molar-refractivity contribution in [1.29, 1.82) is 0 Å².